The number of carbonyl (C=O) groups is 2. The van der Waals surface area contributed by atoms with Gasteiger partial charge in [-0.25, -0.2) is 0 Å². The summed E-state index contributed by atoms with van der Waals surface area (Å²) in [5.41, 5.74) is 1.06. The molecule has 1 aliphatic heterocycles. The number of aromatic nitrogens is 2. The fraction of sp³-hybridized carbons (Fsp3) is 0.500. The van der Waals surface area contributed by atoms with Crippen LogP contribution in [0, 0.1) is 5.92 Å². The summed E-state index contributed by atoms with van der Waals surface area (Å²) >= 11 is 2.65. The van der Waals surface area contributed by atoms with Gasteiger partial charge in [-0.1, -0.05) is 49.1 Å². The summed E-state index contributed by atoms with van der Waals surface area (Å²) in [6, 6.07) is 7.94. The van der Waals surface area contributed by atoms with Gasteiger partial charge in [0, 0.05) is 32.1 Å². The smallest absolute Gasteiger partial charge is 0.233 e. The van der Waals surface area contributed by atoms with Gasteiger partial charge in [0.25, 0.3) is 0 Å². The molecule has 2 amide bonds. The predicted octanol–water partition coefficient (Wildman–Crippen LogP) is 2.97. The molecule has 2 heterocycles. The van der Waals surface area contributed by atoms with Crippen LogP contribution in [0.1, 0.15) is 20.3 Å². The van der Waals surface area contributed by atoms with E-state index in [4.69, 9.17) is 4.74 Å². The van der Waals surface area contributed by atoms with Gasteiger partial charge in [-0.2, -0.15) is 0 Å². The quantitative estimate of drug-likeness (QED) is 0.490. The maximum atomic E-state index is 12.6. The minimum absolute atomic E-state index is 0.0609. The third-order valence-corrected chi connectivity index (χ3v) is 7.03. The number of piperazine rings is 1. The largest absolute Gasteiger partial charge is 0.495 e. The van der Waals surface area contributed by atoms with E-state index in [9.17, 15) is 9.59 Å². The molecule has 1 unspecified atom stereocenters. The normalized spacial score (nSPS) is 15.0. The van der Waals surface area contributed by atoms with E-state index < -0.39 is 0 Å². The average molecular weight is 450 g/mol. The van der Waals surface area contributed by atoms with Crippen molar-refractivity contribution in [3.8, 4) is 5.75 Å². The fourth-order valence-corrected chi connectivity index (χ4v) is 4.69. The maximum absolute atomic E-state index is 12.6. The highest BCUT2D eigenvalue weighted by molar-refractivity contribution is 8.01. The first kappa shape index (κ1) is 22.4. The first-order chi connectivity index (χ1) is 14.5. The Kier molecular flexibility index (Phi) is 7.92. The van der Waals surface area contributed by atoms with Crippen LogP contribution >= 0.6 is 23.1 Å². The molecule has 0 aliphatic carbocycles. The van der Waals surface area contributed by atoms with E-state index in [0.29, 0.717) is 28.3 Å². The molecule has 1 aliphatic rings. The average Bonchev–Trinajstić information content (AvgIpc) is 3.24. The summed E-state index contributed by atoms with van der Waals surface area (Å²) in [5.74, 6) is 1.11. The van der Waals surface area contributed by atoms with Crippen LogP contribution in [0.5, 0.6) is 5.75 Å². The Morgan fingerprint density at radius 2 is 1.97 bits per heavy atom. The van der Waals surface area contributed by atoms with Crippen molar-refractivity contribution in [3.05, 3.63) is 24.3 Å². The number of anilines is 2. The summed E-state index contributed by atoms with van der Waals surface area (Å²) in [4.78, 5) is 28.7. The highest BCUT2D eigenvalue weighted by Gasteiger charge is 2.23. The number of hydrogen-bond donors (Lipinski definition) is 1. The number of nitrogens with one attached hydrogen (secondary N) is 1. The van der Waals surface area contributed by atoms with Gasteiger partial charge in [0.2, 0.25) is 16.9 Å². The van der Waals surface area contributed by atoms with Crippen LogP contribution in [0.4, 0.5) is 10.8 Å². The zero-order chi connectivity index (χ0) is 21.5. The van der Waals surface area contributed by atoms with Crippen molar-refractivity contribution >= 4 is 45.7 Å². The molecule has 30 heavy (non-hydrogen) atoms. The van der Waals surface area contributed by atoms with Gasteiger partial charge >= 0.3 is 0 Å². The van der Waals surface area contributed by atoms with E-state index in [1.54, 1.807) is 7.11 Å². The Labute approximate surface area is 185 Å². The number of thioether (sulfide) groups is 1. The monoisotopic (exact) mass is 449 g/mol. The molecule has 3 rings (SSSR count). The van der Waals surface area contributed by atoms with Gasteiger partial charge in [-0.15, -0.1) is 10.2 Å². The topological polar surface area (TPSA) is 87.7 Å². The molecule has 8 nitrogen and oxygen atoms in total. The number of rotatable bonds is 8. The van der Waals surface area contributed by atoms with E-state index in [2.05, 4.69) is 20.4 Å². The van der Waals surface area contributed by atoms with Crippen molar-refractivity contribution in [2.24, 2.45) is 5.92 Å². The van der Waals surface area contributed by atoms with Crippen LogP contribution < -0.4 is 15.0 Å². The molecule has 162 valence electrons. The molecule has 2 aromatic rings. The van der Waals surface area contributed by atoms with Crippen LogP contribution in [0.15, 0.2) is 28.6 Å². The van der Waals surface area contributed by atoms with Gasteiger partial charge in [-0.05, 0) is 18.6 Å². The highest BCUT2D eigenvalue weighted by Crippen LogP contribution is 2.29. The van der Waals surface area contributed by atoms with E-state index in [1.807, 2.05) is 43.0 Å². The van der Waals surface area contributed by atoms with E-state index >= 15 is 0 Å². The summed E-state index contributed by atoms with van der Waals surface area (Å²) < 4.78 is 6.12. The van der Waals surface area contributed by atoms with Gasteiger partial charge in [-0.3, -0.25) is 9.59 Å². The number of hydrogen-bond acceptors (Lipinski definition) is 8. The van der Waals surface area contributed by atoms with Crippen LogP contribution in [0.2, 0.25) is 0 Å². The third-order valence-electron chi connectivity index (χ3n) is 5.07. The molecule has 10 heteroatoms. The first-order valence-electron chi connectivity index (χ1n) is 9.94. The van der Waals surface area contributed by atoms with Crippen molar-refractivity contribution in [2.45, 2.75) is 24.6 Å². The van der Waals surface area contributed by atoms with Crippen molar-refractivity contribution in [1.82, 2.24) is 15.1 Å². The van der Waals surface area contributed by atoms with Crippen molar-refractivity contribution < 1.29 is 14.3 Å². The molecule has 1 fully saturated rings. The summed E-state index contributed by atoms with van der Waals surface area (Å²) in [7, 11) is 1.67. The minimum atomic E-state index is -0.0684. The number of para-hydroxylation sites is 2. The lowest BCUT2D eigenvalue weighted by molar-refractivity contribution is -0.128. The molecule has 1 saturated heterocycles. The van der Waals surface area contributed by atoms with E-state index in [0.717, 1.165) is 30.9 Å². The van der Waals surface area contributed by atoms with E-state index in [1.165, 1.54) is 23.1 Å². The molecular weight excluding hydrogens is 422 g/mol. The first-order valence-corrected chi connectivity index (χ1v) is 11.7. The molecule has 1 aromatic heterocycles. The second kappa shape index (κ2) is 10.6. The van der Waals surface area contributed by atoms with Gasteiger partial charge < -0.3 is 19.9 Å². The molecule has 0 saturated carbocycles. The second-order valence-corrected chi connectivity index (χ2v) is 9.20. The van der Waals surface area contributed by atoms with Gasteiger partial charge in [0.15, 0.2) is 4.34 Å². The molecule has 0 bridgehead atoms. The number of nitrogens with zero attached hydrogens (tertiary/aromatic N) is 4. The van der Waals surface area contributed by atoms with Crippen molar-refractivity contribution in [1.29, 1.82) is 0 Å². The number of methoxy groups -OCH3 is 1. The lowest BCUT2D eigenvalue weighted by atomic mass is 10.1. The predicted molar refractivity (Wildman–Crippen MR) is 121 cm³/mol. The fourth-order valence-electron chi connectivity index (χ4n) is 3.04. The van der Waals surface area contributed by atoms with Gasteiger partial charge in [0.1, 0.15) is 5.75 Å². The molecule has 1 aromatic carbocycles. The Morgan fingerprint density at radius 1 is 1.23 bits per heavy atom. The molecular formula is C20H27N5O3S2. The molecule has 1 N–H and O–H groups in total. The zero-order valence-electron chi connectivity index (χ0n) is 17.5. The van der Waals surface area contributed by atoms with Gasteiger partial charge in [0.05, 0.1) is 18.6 Å². The number of amides is 2. The Morgan fingerprint density at radius 3 is 2.67 bits per heavy atom. The summed E-state index contributed by atoms with van der Waals surface area (Å²) in [6.07, 6.45) is 0.769. The zero-order valence-corrected chi connectivity index (χ0v) is 19.1. The molecule has 1 atom stereocenters. The van der Waals surface area contributed by atoms with Crippen LogP contribution in [0.25, 0.3) is 0 Å². The molecule has 0 spiro atoms. The lowest BCUT2D eigenvalue weighted by Crippen LogP contribution is -2.49. The molecule has 0 radical (unpaired) electrons. The van der Waals surface area contributed by atoms with E-state index in [-0.39, 0.29) is 17.7 Å². The van der Waals surface area contributed by atoms with Crippen molar-refractivity contribution in [2.75, 3.05) is 49.3 Å². The van der Waals surface area contributed by atoms with Crippen LogP contribution in [0.3, 0.4) is 0 Å². The second-order valence-electron chi connectivity index (χ2n) is 7.00. The van der Waals surface area contributed by atoms with Crippen LogP contribution in [-0.2, 0) is 9.59 Å². The number of benzene rings is 1. The summed E-state index contributed by atoms with van der Waals surface area (Å²) in [6.45, 7) is 6.71. The number of carbonyl (C=O) groups excluding carboxylic acids is 2. The number of ether oxygens (including phenoxy) is 1. The summed E-state index contributed by atoms with van der Waals surface area (Å²) in [5, 5.41) is 11.3. The van der Waals surface area contributed by atoms with Crippen LogP contribution in [-0.4, -0.2) is 66.0 Å². The van der Waals surface area contributed by atoms with Crippen molar-refractivity contribution in [3.63, 3.8) is 0 Å². The Hall–Kier alpha value is -2.33. The Balaban J connectivity index is 1.46. The lowest BCUT2D eigenvalue weighted by Gasteiger charge is -2.36. The third kappa shape index (κ3) is 5.63. The standard InChI is InChI=1S/C20H27N5O3S2/c1-4-14(2)18(27)21-19-22-23-20(30-19)29-13-17(26)25-11-9-24(10-12-25)15-7-5-6-8-16(15)28-3/h5-8,14H,4,9-13H2,1-3H3,(H,21,22,27). The minimum Gasteiger partial charge on any atom is -0.495 e. The highest BCUT2D eigenvalue weighted by atomic mass is 32.2. The maximum Gasteiger partial charge on any atom is 0.233 e. The Bertz CT molecular complexity index is 868. The SMILES string of the molecule is CCC(C)C(=O)Nc1nnc(SCC(=O)N2CCN(c3ccccc3OC)CC2)s1.